The number of imidazole rings is 1. The Morgan fingerprint density at radius 1 is 1.06 bits per heavy atom. The topological polar surface area (TPSA) is 41.4 Å². The van der Waals surface area contributed by atoms with Crippen molar-refractivity contribution in [3.8, 4) is 5.69 Å². The molecule has 0 N–H and O–H groups in total. The first-order valence-corrected chi connectivity index (χ1v) is 11.6. The molecule has 2 heterocycles. The molecular weight excluding hydrogens is 384 g/mol. The van der Waals surface area contributed by atoms with Crippen LogP contribution >= 0.6 is 0 Å². The highest BCUT2D eigenvalue weighted by Crippen LogP contribution is 2.32. The molecule has 3 aromatic rings. The minimum absolute atomic E-state index is 0.116. The van der Waals surface area contributed by atoms with Crippen molar-refractivity contribution in [3.05, 3.63) is 59.9 Å². The lowest BCUT2D eigenvalue weighted by Crippen LogP contribution is -2.40. The van der Waals surface area contributed by atoms with Crippen molar-refractivity contribution in [2.24, 2.45) is 5.92 Å². The number of nitrogens with zero attached hydrogens (tertiary/aromatic N) is 4. The smallest absolute Gasteiger partial charge is 0.253 e. The maximum Gasteiger partial charge on any atom is 0.253 e. The lowest BCUT2D eigenvalue weighted by molar-refractivity contribution is 0.0730. The van der Waals surface area contributed by atoms with E-state index in [2.05, 4.69) is 27.4 Å². The van der Waals surface area contributed by atoms with Crippen LogP contribution in [0, 0.1) is 12.8 Å². The standard InChI is InChI=1S/C26H32N4O/c1-18-8-11-22(16-18)29-15-14-23(17-29)28(3)26(31)20-9-12-21(13-10-20)30-19(2)27-24-6-4-5-7-25(24)30/h4-7,9-10,12-13,18,22-23H,8,11,14-17H2,1-3H3/t18?,22?,23-/m0/s1. The minimum atomic E-state index is 0.116. The molecule has 1 aromatic heterocycles. The Kier molecular flexibility index (Phi) is 5.30. The van der Waals surface area contributed by atoms with Crippen LogP contribution in [0.25, 0.3) is 16.7 Å². The zero-order valence-corrected chi connectivity index (χ0v) is 18.8. The summed E-state index contributed by atoms with van der Waals surface area (Å²) in [5.41, 5.74) is 3.86. The maximum atomic E-state index is 13.2. The highest BCUT2D eigenvalue weighted by molar-refractivity contribution is 5.94. The van der Waals surface area contributed by atoms with E-state index in [1.54, 1.807) is 0 Å². The fourth-order valence-corrected chi connectivity index (χ4v) is 5.52. The van der Waals surface area contributed by atoms with Crippen molar-refractivity contribution >= 4 is 16.9 Å². The van der Waals surface area contributed by atoms with E-state index in [0.29, 0.717) is 6.04 Å². The number of amides is 1. The number of aromatic nitrogens is 2. The average molecular weight is 417 g/mol. The highest BCUT2D eigenvalue weighted by atomic mass is 16.2. The molecule has 1 aliphatic heterocycles. The van der Waals surface area contributed by atoms with Gasteiger partial charge in [0.15, 0.2) is 0 Å². The Hall–Kier alpha value is -2.66. The molecule has 2 aliphatic rings. The van der Waals surface area contributed by atoms with Crippen molar-refractivity contribution in [2.75, 3.05) is 20.1 Å². The Labute approximate surface area is 184 Å². The lowest BCUT2D eigenvalue weighted by atomic mass is 10.1. The largest absolute Gasteiger partial charge is 0.337 e. The van der Waals surface area contributed by atoms with Gasteiger partial charge in [-0.3, -0.25) is 14.3 Å². The number of carbonyl (C=O) groups is 1. The third-order valence-corrected chi connectivity index (χ3v) is 7.35. The van der Waals surface area contributed by atoms with Gasteiger partial charge >= 0.3 is 0 Å². The van der Waals surface area contributed by atoms with Crippen LogP contribution in [0.2, 0.25) is 0 Å². The van der Waals surface area contributed by atoms with Gasteiger partial charge < -0.3 is 4.90 Å². The van der Waals surface area contributed by atoms with Gasteiger partial charge in [-0.05, 0) is 74.9 Å². The summed E-state index contributed by atoms with van der Waals surface area (Å²) in [6.07, 6.45) is 5.05. The van der Waals surface area contributed by atoms with E-state index in [1.165, 1.54) is 19.3 Å². The summed E-state index contributed by atoms with van der Waals surface area (Å²) in [5.74, 6) is 1.91. The number of para-hydroxylation sites is 2. The number of aryl methyl sites for hydroxylation is 1. The fraction of sp³-hybridized carbons (Fsp3) is 0.462. The van der Waals surface area contributed by atoms with Gasteiger partial charge in [0.05, 0.1) is 11.0 Å². The summed E-state index contributed by atoms with van der Waals surface area (Å²) in [6, 6.07) is 17.1. The maximum absolute atomic E-state index is 13.2. The van der Waals surface area contributed by atoms with Crippen LogP contribution in [-0.4, -0.2) is 57.5 Å². The summed E-state index contributed by atoms with van der Waals surface area (Å²) >= 11 is 0. The van der Waals surface area contributed by atoms with Crippen LogP contribution in [0.3, 0.4) is 0 Å². The minimum Gasteiger partial charge on any atom is -0.337 e. The van der Waals surface area contributed by atoms with Gasteiger partial charge in [0.1, 0.15) is 5.82 Å². The molecule has 1 saturated heterocycles. The second-order valence-corrected chi connectivity index (χ2v) is 9.46. The Morgan fingerprint density at radius 3 is 2.58 bits per heavy atom. The quantitative estimate of drug-likeness (QED) is 0.621. The molecule has 2 unspecified atom stereocenters. The van der Waals surface area contributed by atoms with E-state index in [0.717, 1.165) is 59.6 Å². The summed E-state index contributed by atoms with van der Waals surface area (Å²) in [7, 11) is 1.97. The van der Waals surface area contributed by atoms with Crippen LogP contribution in [-0.2, 0) is 0 Å². The number of hydrogen-bond donors (Lipinski definition) is 0. The monoisotopic (exact) mass is 416 g/mol. The van der Waals surface area contributed by atoms with E-state index in [4.69, 9.17) is 0 Å². The molecule has 1 aliphatic carbocycles. The zero-order valence-electron chi connectivity index (χ0n) is 18.8. The second kappa shape index (κ2) is 8.12. The molecule has 2 aromatic carbocycles. The van der Waals surface area contributed by atoms with Crippen LogP contribution in [0.1, 0.15) is 48.8 Å². The predicted molar refractivity (Wildman–Crippen MR) is 125 cm³/mol. The van der Waals surface area contributed by atoms with Gasteiger partial charge in [0.25, 0.3) is 5.91 Å². The fourth-order valence-electron chi connectivity index (χ4n) is 5.52. The first-order chi connectivity index (χ1) is 15.0. The summed E-state index contributed by atoms with van der Waals surface area (Å²) in [5, 5.41) is 0. The summed E-state index contributed by atoms with van der Waals surface area (Å²) < 4.78 is 2.14. The molecule has 0 radical (unpaired) electrons. The Morgan fingerprint density at radius 2 is 1.84 bits per heavy atom. The first-order valence-electron chi connectivity index (χ1n) is 11.6. The van der Waals surface area contributed by atoms with Crippen LogP contribution in [0.5, 0.6) is 0 Å². The van der Waals surface area contributed by atoms with Crippen molar-refractivity contribution in [2.45, 2.75) is 51.6 Å². The van der Waals surface area contributed by atoms with Gasteiger partial charge in [-0.1, -0.05) is 19.1 Å². The summed E-state index contributed by atoms with van der Waals surface area (Å²) in [4.78, 5) is 22.4. The van der Waals surface area contributed by atoms with Crippen molar-refractivity contribution < 1.29 is 4.79 Å². The number of carbonyl (C=O) groups excluding carboxylic acids is 1. The van der Waals surface area contributed by atoms with Crippen LogP contribution in [0.4, 0.5) is 0 Å². The first kappa shape index (κ1) is 20.3. The van der Waals surface area contributed by atoms with E-state index in [-0.39, 0.29) is 5.91 Å². The molecule has 5 rings (SSSR count). The van der Waals surface area contributed by atoms with Crippen LogP contribution < -0.4 is 0 Å². The van der Waals surface area contributed by atoms with Gasteiger partial charge in [-0.2, -0.15) is 0 Å². The zero-order chi connectivity index (χ0) is 21.5. The van der Waals surface area contributed by atoms with Gasteiger partial charge in [-0.25, -0.2) is 4.98 Å². The number of rotatable bonds is 4. The average Bonchev–Trinajstić information content (AvgIpc) is 3.50. The SMILES string of the molecule is Cc1nc2ccccc2n1-c1ccc(C(=O)N(C)[C@H]2CCN(C3CCC(C)C3)C2)cc1. The van der Waals surface area contributed by atoms with Crippen molar-refractivity contribution in [1.82, 2.24) is 19.4 Å². The van der Waals surface area contributed by atoms with Gasteiger partial charge in [0.2, 0.25) is 0 Å². The molecular formula is C26H32N4O. The van der Waals surface area contributed by atoms with E-state index in [9.17, 15) is 4.79 Å². The molecule has 5 nitrogen and oxygen atoms in total. The predicted octanol–water partition coefficient (Wildman–Crippen LogP) is 4.67. The van der Waals surface area contributed by atoms with E-state index < -0.39 is 0 Å². The lowest BCUT2D eigenvalue weighted by Gasteiger charge is -2.27. The molecule has 162 valence electrons. The third-order valence-electron chi connectivity index (χ3n) is 7.35. The van der Waals surface area contributed by atoms with Crippen molar-refractivity contribution in [3.63, 3.8) is 0 Å². The third kappa shape index (κ3) is 3.76. The van der Waals surface area contributed by atoms with Gasteiger partial charge in [0, 0.05) is 43.5 Å². The molecule has 3 atom stereocenters. The Balaban J connectivity index is 1.29. The van der Waals surface area contributed by atoms with E-state index >= 15 is 0 Å². The number of benzene rings is 2. The molecule has 0 spiro atoms. The van der Waals surface area contributed by atoms with Gasteiger partial charge in [-0.15, -0.1) is 0 Å². The van der Waals surface area contributed by atoms with Crippen molar-refractivity contribution in [1.29, 1.82) is 0 Å². The van der Waals surface area contributed by atoms with E-state index in [1.807, 2.05) is 61.3 Å². The number of likely N-dealkylation sites (tertiary alicyclic amines) is 1. The van der Waals surface area contributed by atoms with Crippen LogP contribution in [0.15, 0.2) is 48.5 Å². The molecule has 31 heavy (non-hydrogen) atoms. The normalized spacial score (nSPS) is 24.2. The second-order valence-electron chi connectivity index (χ2n) is 9.46. The molecule has 2 fully saturated rings. The molecule has 0 bridgehead atoms. The molecule has 5 heteroatoms. The highest BCUT2D eigenvalue weighted by Gasteiger charge is 2.35. The number of hydrogen-bond acceptors (Lipinski definition) is 3. The number of likely N-dealkylation sites (N-methyl/N-ethyl adjacent to an activating group) is 1. The molecule has 1 saturated carbocycles. The Bertz CT molecular complexity index is 1090. The summed E-state index contributed by atoms with van der Waals surface area (Å²) in [6.45, 7) is 6.51. The number of fused-ring (bicyclic) bond motifs is 1. The molecule has 1 amide bonds.